The van der Waals surface area contributed by atoms with Gasteiger partial charge in [-0.3, -0.25) is 4.90 Å². The van der Waals surface area contributed by atoms with Gasteiger partial charge in [-0.05, 0) is 73.5 Å². The smallest absolute Gasteiger partial charge is 0.0669 e. The van der Waals surface area contributed by atoms with Gasteiger partial charge in [-0.25, -0.2) is 0 Å². The van der Waals surface area contributed by atoms with Gasteiger partial charge in [0, 0.05) is 41.3 Å². The van der Waals surface area contributed by atoms with Crippen LogP contribution in [0, 0.1) is 0 Å². The Morgan fingerprint density at radius 2 is 1.85 bits per heavy atom. The van der Waals surface area contributed by atoms with Crippen molar-refractivity contribution in [2.45, 2.75) is 38.8 Å². The number of rotatable bonds is 1. The third kappa shape index (κ3) is 4.07. The third-order valence-electron chi connectivity index (χ3n) is 5.20. The molecule has 0 aromatic heterocycles. The van der Waals surface area contributed by atoms with Gasteiger partial charge >= 0.3 is 0 Å². The minimum Gasteiger partial charge on any atom is -0.382 e. The highest BCUT2D eigenvalue weighted by atomic mass is 79.9. The molecule has 2 aliphatic heterocycles. The number of hydrogen-bond donors (Lipinski definition) is 2. The third-order valence-corrected chi connectivity index (χ3v) is 7.11. The van der Waals surface area contributed by atoms with Crippen molar-refractivity contribution in [1.29, 1.82) is 0 Å². The molecule has 1 fully saturated rings. The van der Waals surface area contributed by atoms with Crippen LogP contribution in [0.25, 0.3) is 0 Å². The van der Waals surface area contributed by atoms with Crippen molar-refractivity contribution >= 4 is 43.5 Å². The highest BCUT2D eigenvalue weighted by molar-refractivity contribution is 9.12. The van der Waals surface area contributed by atoms with E-state index in [1.807, 2.05) is 19.9 Å². The van der Waals surface area contributed by atoms with E-state index in [-0.39, 0.29) is 0 Å². The van der Waals surface area contributed by atoms with Gasteiger partial charge in [-0.1, -0.05) is 31.5 Å². The molecule has 0 spiro atoms. The zero-order chi connectivity index (χ0) is 18.7. The van der Waals surface area contributed by atoms with Crippen LogP contribution in [-0.2, 0) is 6.42 Å². The molecule has 6 heteroatoms. The predicted molar refractivity (Wildman–Crippen MR) is 118 cm³/mol. The van der Waals surface area contributed by atoms with Crippen molar-refractivity contribution in [2.24, 2.45) is 0 Å². The van der Waals surface area contributed by atoms with E-state index < -0.39 is 0 Å². The molecular formula is C20H26Br2ClN3. The molecule has 2 N–H and O–H groups in total. The molecule has 0 saturated carbocycles. The Morgan fingerprint density at radius 3 is 2.58 bits per heavy atom. The van der Waals surface area contributed by atoms with Crippen LogP contribution in [0.2, 0.25) is 5.02 Å². The predicted octanol–water partition coefficient (Wildman–Crippen LogP) is 5.16. The van der Waals surface area contributed by atoms with Crippen molar-refractivity contribution in [2.75, 3.05) is 26.2 Å². The molecular weight excluding hydrogens is 478 g/mol. The lowest BCUT2D eigenvalue weighted by atomic mass is 9.91. The molecule has 3 aliphatic rings. The first kappa shape index (κ1) is 20.4. The second kappa shape index (κ2) is 9.24. The summed E-state index contributed by atoms with van der Waals surface area (Å²) < 4.78 is 2.18. The molecule has 1 aliphatic carbocycles. The van der Waals surface area contributed by atoms with Crippen LogP contribution in [0.3, 0.4) is 0 Å². The van der Waals surface area contributed by atoms with Crippen molar-refractivity contribution in [3.63, 3.8) is 0 Å². The standard InChI is InChI=1S/C18H20Br2ClN3.C2H6/c19-12-9-11-1-2-13-14(3-4-15(21)16(13)20)18(17(11)23-10-12)24-7-5-22-6-8-24;1-2/h3-4,9-10,17-18,22-23H,1-2,5-8H2;1-2H3. The minimum absolute atomic E-state index is 0.318. The molecule has 1 saturated heterocycles. The highest BCUT2D eigenvalue weighted by Crippen LogP contribution is 2.42. The van der Waals surface area contributed by atoms with Crippen LogP contribution in [0.4, 0.5) is 0 Å². The lowest BCUT2D eigenvalue weighted by Crippen LogP contribution is -2.51. The van der Waals surface area contributed by atoms with Crippen LogP contribution in [-0.4, -0.2) is 37.1 Å². The number of dihydropyridines is 1. The number of hydrogen-bond acceptors (Lipinski definition) is 3. The topological polar surface area (TPSA) is 27.3 Å². The van der Waals surface area contributed by atoms with E-state index in [2.05, 4.69) is 65.7 Å². The molecule has 3 nitrogen and oxygen atoms in total. The zero-order valence-corrected chi connectivity index (χ0v) is 19.2. The fraction of sp³-hybridized carbons (Fsp3) is 0.500. The summed E-state index contributed by atoms with van der Waals surface area (Å²) in [5.41, 5.74) is 4.23. The average Bonchev–Trinajstić information content (AvgIpc) is 2.84. The summed E-state index contributed by atoms with van der Waals surface area (Å²) in [5.74, 6) is 0. The van der Waals surface area contributed by atoms with Gasteiger partial charge in [0.25, 0.3) is 0 Å². The quantitative estimate of drug-likeness (QED) is 0.555. The Labute approximate surface area is 178 Å². The van der Waals surface area contributed by atoms with E-state index in [4.69, 9.17) is 11.6 Å². The number of allylic oxidation sites excluding steroid dienone is 2. The van der Waals surface area contributed by atoms with E-state index in [0.29, 0.717) is 12.1 Å². The monoisotopic (exact) mass is 501 g/mol. The highest BCUT2D eigenvalue weighted by Gasteiger charge is 2.37. The second-order valence-corrected chi connectivity index (χ2v) is 8.67. The van der Waals surface area contributed by atoms with Crippen molar-refractivity contribution in [3.8, 4) is 0 Å². The molecule has 2 atom stereocenters. The van der Waals surface area contributed by atoms with Gasteiger partial charge in [0.15, 0.2) is 0 Å². The van der Waals surface area contributed by atoms with Gasteiger partial charge in [-0.2, -0.15) is 0 Å². The first-order chi connectivity index (χ1) is 12.6. The summed E-state index contributed by atoms with van der Waals surface area (Å²) in [6, 6.07) is 4.91. The molecule has 142 valence electrons. The number of halogens is 3. The summed E-state index contributed by atoms with van der Waals surface area (Å²) in [4.78, 5) is 2.61. The number of benzene rings is 1. The number of nitrogens with one attached hydrogen (secondary N) is 2. The molecule has 1 aromatic carbocycles. The van der Waals surface area contributed by atoms with Crippen LogP contribution >= 0.6 is 43.5 Å². The summed E-state index contributed by atoms with van der Waals surface area (Å²) in [5, 5.41) is 7.92. The first-order valence-corrected chi connectivity index (χ1v) is 11.4. The Morgan fingerprint density at radius 1 is 1.12 bits per heavy atom. The van der Waals surface area contributed by atoms with Gasteiger partial charge < -0.3 is 10.6 Å². The lowest BCUT2D eigenvalue weighted by Gasteiger charge is -2.41. The molecule has 2 unspecified atom stereocenters. The summed E-state index contributed by atoms with van der Waals surface area (Å²) in [6.45, 7) is 8.24. The Balaban J connectivity index is 0.000000948. The summed E-state index contributed by atoms with van der Waals surface area (Å²) >= 11 is 13.7. The van der Waals surface area contributed by atoms with E-state index in [1.165, 1.54) is 16.7 Å². The Hall–Kier alpha value is -0.330. The van der Waals surface area contributed by atoms with Crippen LogP contribution < -0.4 is 10.6 Å². The number of fused-ring (bicyclic) bond motifs is 2. The molecule has 26 heavy (non-hydrogen) atoms. The first-order valence-electron chi connectivity index (χ1n) is 9.39. The fourth-order valence-electron chi connectivity index (χ4n) is 4.06. The number of piperazine rings is 1. The molecule has 0 bridgehead atoms. The molecule has 2 heterocycles. The van der Waals surface area contributed by atoms with Crippen molar-refractivity contribution in [1.82, 2.24) is 15.5 Å². The minimum atomic E-state index is 0.318. The molecule has 4 rings (SSSR count). The van der Waals surface area contributed by atoms with Crippen molar-refractivity contribution in [3.05, 3.63) is 55.1 Å². The van der Waals surface area contributed by atoms with Gasteiger partial charge in [0.1, 0.15) is 0 Å². The van der Waals surface area contributed by atoms with E-state index in [1.54, 1.807) is 0 Å². The maximum atomic E-state index is 6.39. The largest absolute Gasteiger partial charge is 0.382 e. The van der Waals surface area contributed by atoms with Gasteiger partial charge in [0.2, 0.25) is 0 Å². The van der Waals surface area contributed by atoms with Crippen LogP contribution in [0.1, 0.15) is 37.4 Å². The van der Waals surface area contributed by atoms with E-state index in [0.717, 1.165) is 53.0 Å². The van der Waals surface area contributed by atoms with Crippen LogP contribution in [0.15, 0.2) is 38.9 Å². The average molecular weight is 504 g/mol. The van der Waals surface area contributed by atoms with Crippen molar-refractivity contribution < 1.29 is 0 Å². The molecule has 0 amide bonds. The normalized spacial score (nSPS) is 25.4. The zero-order valence-electron chi connectivity index (χ0n) is 15.3. The maximum absolute atomic E-state index is 6.39. The molecule has 1 aromatic rings. The van der Waals surface area contributed by atoms with Gasteiger partial charge in [-0.15, -0.1) is 0 Å². The van der Waals surface area contributed by atoms with Crippen LogP contribution in [0.5, 0.6) is 0 Å². The van der Waals surface area contributed by atoms with Gasteiger partial charge in [0.05, 0.1) is 17.1 Å². The Kier molecular flexibility index (Phi) is 7.25. The summed E-state index contributed by atoms with van der Waals surface area (Å²) in [6.07, 6.45) is 6.44. The fourth-order valence-corrected chi connectivity index (χ4v) is 5.22. The second-order valence-electron chi connectivity index (χ2n) is 6.55. The molecule has 0 radical (unpaired) electrons. The lowest BCUT2D eigenvalue weighted by molar-refractivity contribution is 0.152. The SMILES string of the molecule is CC.Clc1ccc2c(c1Br)CCC1=CC(Br)=CNC1C2N1CCNCC1. The van der Waals surface area contributed by atoms with E-state index in [9.17, 15) is 0 Å². The Bertz CT molecular complexity index is 711. The summed E-state index contributed by atoms with van der Waals surface area (Å²) in [7, 11) is 0. The van der Waals surface area contributed by atoms with E-state index >= 15 is 0 Å². The number of nitrogens with zero attached hydrogens (tertiary/aromatic N) is 1. The maximum Gasteiger partial charge on any atom is 0.0669 e.